The third-order valence-electron chi connectivity index (χ3n) is 3.49. The van der Waals surface area contributed by atoms with Crippen LogP contribution in [0.25, 0.3) is 0 Å². The van der Waals surface area contributed by atoms with Crippen LogP contribution < -0.4 is 19.5 Å². The highest BCUT2D eigenvalue weighted by Crippen LogP contribution is 2.42. The van der Waals surface area contributed by atoms with Gasteiger partial charge < -0.3 is 24.3 Å². The van der Waals surface area contributed by atoms with Crippen molar-refractivity contribution in [2.75, 3.05) is 18.5 Å². The Hall–Kier alpha value is -3.36. The van der Waals surface area contributed by atoms with E-state index < -0.39 is 24.8 Å². The number of esters is 1. The van der Waals surface area contributed by atoms with Gasteiger partial charge in [-0.15, -0.1) is 8.78 Å². The number of alkyl halides is 2. The Morgan fingerprint density at radius 3 is 2.59 bits per heavy atom. The maximum atomic E-state index is 13.0. The molecule has 1 aliphatic heterocycles. The van der Waals surface area contributed by atoms with E-state index in [9.17, 15) is 18.4 Å². The Balaban J connectivity index is 1.45. The van der Waals surface area contributed by atoms with E-state index in [0.29, 0.717) is 5.75 Å². The zero-order valence-electron chi connectivity index (χ0n) is 14.2. The fraction of sp³-hybridized carbons (Fsp3) is 0.222. The van der Waals surface area contributed by atoms with Gasteiger partial charge in [0.2, 0.25) is 0 Å². The SMILES string of the molecule is Cc1ccccc1OCC(=O)OCC(=O)Nc1ccc2c(c1)OC(F)(F)O2. The number of anilines is 1. The molecular formula is C18H15F2NO6. The lowest BCUT2D eigenvalue weighted by atomic mass is 10.2. The van der Waals surface area contributed by atoms with Crippen molar-refractivity contribution in [3.05, 3.63) is 48.0 Å². The first-order valence-corrected chi connectivity index (χ1v) is 7.86. The topological polar surface area (TPSA) is 83.1 Å². The molecule has 1 aliphatic rings. The van der Waals surface area contributed by atoms with Crippen molar-refractivity contribution in [3.8, 4) is 17.2 Å². The Morgan fingerprint density at radius 1 is 1.07 bits per heavy atom. The average molecular weight is 379 g/mol. The molecule has 0 radical (unpaired) electrons. The van der Waals surface area contributed by atoms with E-state index in [1.165, 1.54) is 18.2 Å². The number of hydrogen-bond acceptors (Lipinski definition) is 6. The molecule has 0 aliphatic carbocycles. The van der Waals surface area contributed by atoms with Gasteiger partial charge in [0.05, 0.1) is 0 Å². The normalized spacial score (nSPS) is 13.7. The molecule has 1 heterocycles. The minimum atomic E-state index is -3.74. The summed E-state index contributed by atoms with van der Waals surface area (Å²) in [7, 11) is 0. The van der Waals surface area contributed by atoms with Gasteiger partial charge in [-0.05, 0) is 30.7 Å². The second-order valence-electron chi connectivity index (χ2n) is 5.59. The van der Waals surface area contributed by atoms with E-state index in [-0.39, 0.29) is 23.8 Å². The van der Waals surface area contributed by atoms with Crippen molar-refractivity contribution in [2.45, 2.75) is 13.2 Å². The molecule has 1 N–H and O–H groups in total. The molecule has 0 saturated heterocycles. The van der Waals surface area contributed by atoms with E-state index in [1.807, 2.05) is 19.1 Å². The third kappa shape index (κ3) is 4.84. The molecule has 7 nitrogen and oxygen atoms in total. The summed E-state index contributed by atoms with van der Waals surface area (Å²) in [5, 5.41) is 2.40. The van der Waals surface area contributed by atoms with Crippen LogP contribution in [0.3, 0.4) is 0 Å². The fourth-order valence-corrected chi connectivity index (χ4v) is 2.27. The number of carbonyl (C=O) groups excluding carboxylic acids is 2. The fourth-order valence-electron chi connectivity index (χ4n) is 2.27. The maximum absolute atomic E-state index is 13.0. The molecule has 0 unspecified atom stereocenters. The average Bonchev–Trinajstić information content (AvgIpc) is 2.92. The Kier molecular flexibility index (Phi) is 5.11. The van der Waals surface area contributed by atoms with Gasteiger partial charge in [0.15, 0.2) is 24.7 Å². The standard InChI is InChI=1S/C18H15F2NO6/c1-11-4-2-3-5-13(11)24-10-17(23)25-9-16(22)21-12-6-7-14-15(8-12)27-18(19,20)26-14/h2-8H,9-10H2,1H3,(H,21,22). The second-order valence-corrected chi connectivity index (χ2v) is 5.59. The largest absolute Gasteiger partial charge is 0.586 e. The lowest BCUT2D eigenvalue weighted by Crippen LogP contribution is -2.26. The summed E-state index contributed by atoms with van der Waals surface area (Å²) in [6.45, 7) is 0.924. The number of ether oxygens (including phenoxy) is 4. The Labute approximate surface area is 152 Å². The quantitative estimate of drug-likeness (QED) is 0.777. The molecule has 0 spiro atoms. The number of hydrogen-bond donors (Lipinski definition) is 1. The number of halogens is 2. The monoisotopic (exact) mass is 379 g/mol. The van der Waals surface area contributed by atoms with E-state index >= 15 is 0 Å². The number of amides is 1. The highest BCUT2D eigenvalue weighted by atomic mass is 19.3. The number of carbonyl (C=O) groups is 2. The van der Waals surface area contributed by atoms with Crippen LogP contribution in [0.4, 0.5) is 14.5 Å². The summed E-state index contributed by atoms with van der Waals surface area (Å²) < 4.78 is 44.6. The van der Waals surface area contributed by atoms with E-state index in [0.717, 1.165) is 5.56 Å². The van der Waals surface area contributed by atoms with Gasteiger partial charge in [0.1, 0.15) is 5.75 Å². The lowest BCUT2D eigenvalue weighted by molar-refractivity contribution is -0.286. The van der Waals surface area contributed by atoms with Gasteiger partial charge in [-0.25, -0.2) is 4.79 Å². The lowest BCUT2D eigenvalue weighted by Gasteiger charge is -2.09. The first-order valence-electron chi connectivity index (χ1n) is 7.86. The van der Waals surface area contributed by atoms with E-state index in [1.54, 1.807) is 12.1 Å². The molecular weight excluding hydrogens is 364 g/mol. The van der Waals surface area contributed by atoms with Crippen LogP contribution in [0, 0.1) is 6.92 Å². The van der Waals surface area contributed by atoms with Crippen LogP contribution in [0.15, 0.2) is 42.5 Å². The minimum absolute atomic E-state index is 0.141. The van der Waals surface area contributed by atoms with Crippen molar-refractivity contribution < 1.29 is 37.3 Å². The summed E-state index contributed by atoms with van der Waals surface area (Å²) >= 11 is 0. The van der Waals surface area contributed by atoms with Crippen LogP contribution in [0.5, 0.6) is 17.2 Å². The Morgan fingerprint density at radius 2 is 1.81 bits per heavy atom. The van der Waals surface area contributed by atoms with Gasteiger partial charge in [-0.1, -0.05) is 18.2 Å². The number of rotatable bonds is 6. The number of aryl methyl sites for hydroxylation is 1. The van der Waals surface area contributed by atoms with Gasteiger partial charge in [-0.3, -0.25) is 4.79 Å². The van der Waals surface area contributed by atoms with Gasteiger partial charge in [-0.2, -0.15) is 0 Å². The predicted octanol–water partition coefficient (Wildman–Crippen LogP) is 2.88. The first-order chi connectivity index (χ1) is 12.8. The smallest absolute Gasteiger partial charge is 0.482 e. The Bertz CT molecular complexity index is 871. The molecule has 2 aromatic carbocycles. The summed E-state index contributed by atoms with van der Waals surface area (Å²) in [5.74, 6) is -1.18. The number of para-hydroxylation sites is 1. The summed E-state index contributed by atoms with van der Waals surface area (Å²) in [5.41, 5.74) is 1.05. The maximum Gasteiger partial charge on any atom is 0.586 e. The summed E-state index contributed by atoms with van der Waals surface area (Å²) in [6, 6.07) is 10.9. The predicted molar refractivity (Wildman–Crippen MR) is 88.9 cm³/mol. The molecule has 0 bridgehead atoms. The summed E-state index contributed by atoms with van der Waals surface area (Å²) in [6.07, 6.45) is -3.74. The number of benzene rings is 2. The van der Waals surface area contributed by atoms with Crippen LogP contribution in [0.1, 0.15) is 5.56 Å². The number of fused-ring (bicyclic) bond motifs is 1. The van der Waals surface area contributed by atoms with Gasteiger partial charge in [0.25, 0.3) is 5.91 Å². The highest BCUT2D eigenvalue weighted by molar-refractivity contribution is 5.93. The molecule has 2 aromatic rings. The molecule has 0 saturated carbocycles. The first kappa shape index (κ1) is 18.4. The zero-order chi connectivity index (χ0) is 19.4. The van der Waals surface area contributed by atoms with Gasteiger partial charge in [0, 0.05) is 11.8 Å². The van der Waals surface area contributed by atoms with Crippen LogP contribution >= 0.6 is 0 Å². The molecule has 142 valence electrons. The highest BCUT2D eigenvalue weighted by Gasteiger charge is 2.43. The molecule has 1 amide bonds. The van der Waals surface area contributed by atoms with Crippen molar-refractivity contribution >= 4 is 17.6 Å². The van der Waals surface area contributed by atoms with Crippen LogP contribution in [0.2, 0.25) is 0 Å². The molecule has 0 fully saturated rings. The zero-order valence-corrected chi connectivity index (χ0v) is 14.2. The third-order valence-corrected chi connectivity index (χ3v) is 3.49. The number of nitrogens with one attached hydrogen (secondary N) is 1. The van der Waals surface area contributed by atoms with E-state index in [4.69, 9.17) is 9.47 Å². The minimum Gasteiger partial charge on any atom is -0.482 e. The van der Waals surface area contributed by atoms with Crippen LogP contribution in [-0.2, 0) is 14.3 Å². The van der Waals surface area contributed by atoms with Crippen molar-refractivity contribution in [1.29, 1.82) is 0 Å². The molecule has 3 rings (SSSR count). The van der Waals surface area contributed by atoms with Crippen molar-refractivity contribution in [2.24, 2.45) is 0 Å². The molecule has 0 aromatic heterocycles. The molecule has 0 atom stereocenters. The van der Waals surface area contributed by atoms with Crippen molar-refractivity contribution in [3.63, 3.8) is 0 Å². The summed E-state index contributed by atoms with van der Waals surface area (Å²) in [4.78, 5) is 23.5. The molecule has 9 heteroatoms. The van der Waals surface area contributed by atoms with Crippen molar-refractivity contribution in [1.82, 2.24) is 0 Å². The van der Waals surface area contributed by atoms with E-state index in [2.05, 4.69) is 14.8 Å². The van der Waals surface area contributed by atoms with Crippen LogP contribution in [-0.4, -0.2) is 31.4 Å². The van der Waals surface area contributed by atoms with Gasteiger partial charge >= 0.3 is 12.3 Å². The second kappa shape index (κ2) is 7.48. The molecule has 27 heavy (non-hydrogen) atoms.